The predicted octanol–water partition coefficient (Wildman–Crippen LogP) is 3.28. The standard InChI is InChI=1S/C23H30N6OS/c1-29-11-9-17(14-21(29)22-27-19-7-2-3-8-20(19)28-22)30-15-16-5-4-6-18(13-16)31-12-10-26-23(24)25/h2-8,13,17,21H,9-12,14-15H2,1H3,(H,27,28)(H4,24,25,26). The summed E-state index contributed by atoms with van der Waals surface area (Å²) in [4.78, 5) is 15.9. The maximum atomic E-state index is 6.32. The third-order valence-corrected chi connectivity index (χ3v) is 6.56. The molecule has 7 nitrogen and oxygen atoms in total. The minimum absolute atomic E-state index is 0.141. The van der Waals surface area contributed by atoms with Crippen molar-refractivity contribution in [2.75, 3.05) is 25.9 Å². The Labute approximate surface area is 187 Å². The molecule has 2 aromatic carbocycles. The first-order valence-corrected chi connectivity index (χ1v) is 11.6. The number of aromatic amines is 1. The zero-order valence-corrected chi connectivity index (χ0v) is 18.6. The van der Waals surface area contributed by atoms with E-state index in [0.717, 1.165) is 42.0 Å². The molecular weight excluding hydrogens is 408 g/mol. The third kappa shape index (κ3) is 5.78. The van der Waals surface area contributed by atoms with Crippen LogP contribution in [0.25, 0.3) is 11.0 Å². The molecule has 4 rings (SSSR count). The number of nitrogens with zero attached hydrogens (tertiary/aromatic N) is 3. The number of hydrogen-bond acceptors (Lipinski definition) is 5. The number of thioether (sulfide) groups is 1. The minimum atomic E-state index is 0.141. The molecule has 0 spiro atoms. The lowest BCUT2D eigenvalue weighted by molar-refractivity contribution is -0.0197. The molecule has 1 aliphatic heterocycles. The number of hydrogen-bond donors (Lipinski definition) is 3. The van der Waals surface area contributed by atoms with Crippen LogP contribution in [0.3, 0.4) is 0 Å². The molecule has 3 aromatic rings. The van der Waals surface area contributed by atoms with Crippen LogP contribution in [-0.4, -0.2) is 52.8 Å². The van der Waals surface area contributed by atoms with Gasteiger partial charge in [-0.1, -0.05) is 24.3 Å². The van der Waals surface area contributed by atoms with Crippen LogP contribution in [-0.2, 0) is 11.3 Å². The minimum Gasteiger partial charge on any atom is -0.373 e. The second-order valence-electron chi connectivity index (χ2n) is 7.90. The molecule has 1 aromatic heterocycles. The van der Waals surface area contributed by atoms with Crippen molar-refractivity contribution < 1.29 is 4.74 Å². The van der Waals surface area contributed by atoms with Gasteiger partial charge in [-0.15, -0.1) is 11.8 Å². The zero-order valence-electron chi connectivity index (χ0n) is 17.8. The Hall–Kier alpha value is -2.55. The second kappa shape index (κ2) is 10.2. The van der Waals surface area contributed by atoms with Gasteiger partial charge in [0.25, 0.3) is 0 Å². The van der Waals surface area contributed by atoms with E-state index in [9.17, 15) is 0 Å². The molecule has 8 heteroatoms. The molecule has 0 radical (unpaired) electrons. The number of para-hydroxylation sites is 2. The van der Waals surface area contributed by atoms with Crippen LogP contribution in [0.2, 0.25) is 0 Å². The third-order valence-electron chi connectivity index (χ3n) is 5.58. The number of guanidine groups is 1. The normalized spacial score (nSPS) is 19.5. The average molecular weight is 439 g/mol. The van der Waals surface area contributed by atoms with E-state index >= 15 is 0 Å². The predicted molar refractivity (Wildman–Crippen MR) is 127 cm³/mol. The fourth-order valence-corrected chi connectivity index (χ4v) is 4.76. The van der Waals surface area contributed by atoms with Gasteiger partial charge in [-0.2, -0.15) is 0 Å². The van der Waals surface area contributed by atoms with E-state index in [1.54, 1.807) is 11.8 Å². The number of benzene rings is 2. The Bertz CT molecular complexity index is 999. The molecule has 0 aliphatic carbocycles. The molecular formula is C23H30N6OS. The molecule has 2 atom stereocenters. The number of H-pyrrole nitrogens is 1. The van der Waals surface area contributed by atoms with Crippen molar-refractivity contribution >= 4 is 28.8 Å². The summed E-state index contributed by atoms with van der Waals surface area (Å²) in [6.07, 6.45) is 2.18. The van der Waals surface area contributed by atoms with Crippen molar-refractivity contribution in [3.05, 3.63) is 59.9 Å². The van der Waals surface area contributed by atoms with Crippen molar-refractivity contribution in [1.82, 2.24) is 14.9 Å². The van der Waals surface area contributed by atoms with E-state index in [2.05, 4.69) is 58.3 Å². The summed E-state index contributed by atoms with van der Waals surface area (Å²) in [7, 11) is 2.16. The van der Waals surface area contributed by atoms with E-state index in [-0.39, 0.29) is 18.1 Å². The fraction of sp³-hybridized carbons (Fsp3) is 0.391. The molecule has 5 N–H and O–H groups in total. The highest BCUT2D eigenvalue weighted by molar-refractivity contribution is 7.99. The van der Waals surface area contributed by atoms with Gasteiger partial charge >= 0.3 is 0 Å². The SMILES string of the molecule is CN1CCC(OCc2cccc(SCCN=C(N)N)c2)CC1c1nc2ccccc2[nH]1. The van der Waals surface area contributed by atoms with Gasteiger partial charge in [-0.25, -0.2) is 4.98 Å². The number of rotatable bonds is 8. The van der Waals surface area contributed by atoms with E-state index in [0.29, 0.717) is 13.2 Å². The van der Waals surface area contributed by atoms with E-state index < -0.39 is 0 Å². The molecule has 0 saturated carbocycles. The Kier molecular flexibility index (Phi) is 7.11. The van der Waals surface area contributed by atoms with Gasteiger partial charge < -0.3 is 21.2 Å². The molecule has 1 aliphatic rings. The molecule has 31 heavy (non-hydrogen) atoms. The lowest BCUT2D eigenvalue weighted by Crippen LogP contribution is -2.37. The molecule has 0 amide bonds. The van der Waals surface area contributed by atoms with Crippen LogP contribution in [0.4, 0.5) is 0 Å². The smallest absolute Gasteiger partial charge is 0.185 e. The lowest BCUT2D eigenvalue weighted by atomic mass is 9.99. The number of fused-ring (bicyclic) bond motifs is 1. The Balaban J connectivity index is 1.33. The largest absolute Gasteiger partial charge is 0.373 e. The maximum Gasteiger partial charge on any atom is 0.185 e. The Morgan fingerprint density at radius 3 is 2.97 bits per heavy atom. The lowest BCUT2D eigenvalue weighted by Gasteiger charge is -2.35. The highest BCUT2D eigenvalue weighted by Gasteiger charge is 2.30. The molecule has 2 heterocycles. The van der Waals surface area contributed by atoms with Gasteiger partial charge in [-0.3, -0.25) is 9.89 Å². The van der Waals surface area contributed by atoms with Crippen molar-refractivity contribution in [3.8, 4) is 0 Å². The Morgan fingerprint density at radius 1 is 1.26 bits per heavy atom. The second-order valence-corrected chi connectivity index (χ2v) is 9.06. The first-order chi connectivity index (χ1) is 15.1. The summed E-state index contributed by atoms with van der Waals surface area (Å²) >= 11 is 1.75. The molecule has 2 unspecified atom stereocenters. The maximum absolute atomic E-state index is 6.32. The van der Waals surface area contributed by atoms with Crippen molar-refractivity contribution in [2.45, 2.75) is 36.5 Å². The van der Waals surface area contributed by atoms with E-state index in [4.69, 9.17) is 21.2 Å². The summed E-state index contributed by atoms with van der Waals surface area (Å²) < 4.78 is 6.32. The van der Waals surface area contributed by atoms with Crippen molar-refractivity contribution in [2.24, 2.45) is 16.5 Å². The average Bonchev–Trinajstić information content (AvgIpc) is 3.20. The number of ether oxygens (including phenoxy) is 1. The monoisotopic (exact) mass is 438 g/mol. The van der Waals surface area contributed by atoms with E-state index in [1.807, 2.05) is 12.1 Å². The van der Waals surface area contributed by atoms with Crippen LogP contribution in [0.1, 0.15) is 30.3 Å². The van der Waals surface area contributed by atoms with Crippen LogP contribution in [0.5, 0.6) is 0 Å². The quantitative estimate of drug-likeness (QED) is 0.216. The fourth-order valence-electron chi connectivity index (χ4n) is 3.93. The number of nitrogens with one attached hydrogen (secondary N) is 1. The topological polar surface area (TPSA) is 106 Å². The summed E-state index contributed by atoms with van der Waals surface area (Å²) in [6.45, 7) is 2.23. The molecule has 1 fully saturated rings. The number of piperidine rings is 1. The number of nitrogens with two attached hydrogens (primary N) is 2. The highest BCUT2D eigenvalue weighted by Crippen LogP contribution is 2.31. The van der Waals surface area contributed by atoms with Crippen LogP contribution >= 0.6 is 11.8 Å². The first-order valence-electron chi connectivity index (χ1n) is 10.6. The summed E-state index contributed by atoms with van der Waals surface area (Å²) in [6, 6.07) is 16.9. The molecule has 1 saturated heterocycles. The number of imidazole rings is 1. The number of aromatic nitrogens is 2. The highest BCUT2D eigenvalue weighted by atomic mass is 32.2. The van der Waals surface area contributed by atoms with Gasteiger partial charge in [0.15, 0.2) is 5.96 Å². The number of likely N-dealkylation sites (tertiary alicyclic amines) is 1. The van der Waals surface area contributed by atoms with Crippen LogP contribution in [0.15, 0.2) is 58.4 Å². The van der Waals surface area contributed by atoms with Crippen LogP contribution < -0.4 is 11.5 Å². The van der Waals surface area contributed by atoms with Gasteiger partial charge in [0.05, 0.1) is 36.3 Å². The van der Waals surface area contributed by atoms with E-state index in [1.165, 1.54) is 10.5 Å². The summed E-state index contributed by atoms with van der Waals surface area (Å²) in [5.41, 5.74) is 14.0. The first kappa shape index (κ1) is 21.7. The van der Waals surface area contributed by atoms with Gasteiger partial charge in [-0.05, 0) is 49.7 Å². The van der Waals surface area contributed by atoms with Crippen molar-refractivity contribution in [1.29, 1.82) is 0 Å². The van der Waals surface area contributed by atoms with Crippen molar-refractivity contribution in [3.63, 3.8) is 0 Å². The summed E-state index contributed by atoms with van der Waals surface area (Å²) in [5.74, 6) is 2.01. The Morgan fingerprint density at radius 2 is 2.13 bits per heavy atom. The molecule has 164 valence electrons. The van der Waals surface area contributed by atoms with Crippen LogP contribution in [0, 0.1) is 0 Å². The zero-order chi connectivity index (χ0) is 21.6. The number of aliphatic imine (C=N–C) groups is 1. The molecule has 0 bridgehead atoms. The van der Waals surface area contributed by atoms with Gasteiger partial charge in [0.2, 0.25) is 0 Å². The van der Waals surface area contributed by atoms with Gasteiger partial charge in [0.1, 0.15) is 5.82 Å². The summed E-state index contributed by atoms with van der Waals surface area (Å²) in [5, 5.41) is 0. The van der Waals surface area contributed by atoms with Gasteiger partial charge in [0, 0.05) is 17.2 Å².